The Kier molecular flexibility index (Phi) is 46.7. The standard InChI is InChI=1S/C92H143N16O31P3S/c1-17-55(8)76(67(132-15)45-71(112)106-40-25-30-64(106)78(133-16)57(10)65(109)43-60(89(121)122)42-58-27-21-18-22-28-58)104(13)86(119)62(52(2)3)44-66(110)75(54(6)7)105(14)91(124)134-47-59-31-33-61(34-32-59)102-83(116)63(29-24-36-97-90(94)123)103-84(117)73(53(4)5)101-56(9)26-20-19-23-39-107-72(113)46-69(87(107)120)143-41-38-95-70(111)35-37-96-85(118)80(115)92(11,12)49-136-142(130,131)139-141(128,129)135-48-68-79(138-140(125,126)127)77(114)88(137-68)108-51-100-74-81(93)98-50-99-82(74)108/h18,21-22,27-28,31-34,50-55,57,60,62-64,67-69,73,75-80,88,101,114-115H,9,17,19-20,23-26,29-30,35-49H2,1-8,10-16H3,(H,95,111)(H,96,118)(H,102,116)(H,103,117)(H,121,122)(H,128,129)(H,130,131)(H2,93,98,99)(H3,94,97,123)(H2,125,126,127). The van der Waals surface area contributed by atoms with Crippen LogP contribution < -0.4 is 43.4 Å². The van der Waals surface area contributed by atoms with Gasteiger partial charge in [-0.3, -0.25) is 75.8 Å². The first-order valence-electron chi connectivity index (χ1n) is 47.5. The fourth-order valence-electron chi connectivity index (χ4n) is 17.4. The highest BCUT2D eigenvalue weighted by Crippen LogP contribution is 2.61. The number of benzene rings is 2. The number of methoxy groups -OCH3 is 2. The maximum absolute atomic E-state index is 15.0. The molecule has 17 N–H and O–H groups in total. The number of nitrogens with zero attached hydrogens (tertiary/aromatic N) is 8. The number of hydrogen-bond donors (Lipinski definition) is 15. The molecule has 47 nitrogen and oxygen atoms in total. The molecule has 7 rings (SSSR count). The van der Waals surface area contributed by atoms with Gasteiger partial charge in [-0.25, -0.2) is 38.2 Å². The summed E-state index contributed by atoms with van der Waals surface area (Å²) in [7, 11) is -10.6. The molecule has 51 heteroatoms. The number of likely N-dealkylation sites (N-methyl/N-ethyl adjacent to an activating group) is 2. The molecule has 0 radical (unpaired) electrons. The number of Topliss-reactive ketones (excluding diaryl/α,β-unsaturated/α-hetero) is 2. The molecular formula is C92H143N16O31P3S. The Morgan fingerprint density at radius 1 is 0.755 bits per heavy atom. The normalized spacial score (nSPS) is 19.9. The third kappa shape index (κ3) is 35.8. The molecule has 798 valence electrons. The number of unbranched alkanes of at least 4 members (excludes halogenated alkanes) is 2. The zero-order valence-corrected chi connectivity index (χ0v) is 87.0. The number of carboxylic acids is 1. The number of fused-ring (bicyclic) bond motifs is 1. The minimum atomic E-state index is -5.67. The van der Waals surface area contributed by atoms with Crippen LogP contribution in [-0.2, 0) is 116 Å². The number of primary amides is 1. The lowest BCUT2D eigenvalue weighted by atomic mass is 9.83. The number of aliphatic carboxylic acids is 1. The van der Waals surface area contributed by atoms with Gasteiger partial charge in [-0.15, -0.1) is 11.8 Å². The molecule has 19 atom stereocenters. The molecule has 143 heavy (non-hydrogen) atoms. The number of imide groups is 1. The van der Waals surface area contributed by atoms with Crippen molar-refractivity contribution in [1.82, 2.24) is 65.7 Å². The summed E-state index contributed by atoms with van der Waals surface area (Å²) in [5.41, 5.74) is 11.6. The first kappa shape index (κ1) is 120. The summed E-state index contributed by atoms with van der Waals surface area (Å²) in [5, 5.41) is 47.7. The first-order chi connectivity index (χ1) is 67.1. The zero-order valence-electron chi connectivity index (χ0n) is 83.5. The van der Waals surface area contributed by atoms with Crippen molar-refractivity contribution in [2.45, 2.75) is 257 Å². The molecule has 2 aromatic carbocycles. The first-order valence-corrected chi connectivity index (χ1v) is 53.1. The van der Waals surface area contributed by atoms with Crippen LogP contribution in [0.4, 0.5) is 21.1 Å². The summed E-state index contributed by atoms with van der Waals surface area (Å²) < 4.78 is 81.0. The van der Waals surface area contributed by atoms with E-state index >= 15 is 0 Å². The quantitative estimate of drug-likeness (QED) is 0.0133. The van der Waals surface area contributed by atoms with Gasteiger partial charge in [0, 0.05) is 121 Å². The number of urea groups is 1. The van der Waals surface area contributed by atoms with Gasteiger partial charge >= 0.3 is 41.6 Å². The number of phosphoric acid groups is 3. The molecule has 0 spiro atoms. The molecule has 3 aliphatic rings. The number of aliphatic hydroxyl groups is 2. The lowest BCUT2D eigenvalue weighted by Gasteiger charge is -2.41. The molecule has 5 heterocycles. The number of thioether (sulfide) groups is 1. The number of nitrogens with two attached hydrogens (primary N) is 2. The lowest BCUT2D eigenvalue weighted by molar-refractivity contribution is -0.149. The molecule has 0 bridgehead atoms. The number of carboxylic acid groups (broad SMARTS) is 1. The fraction of sp³-hybridized carbons (Fsp3) is 0.652. The van der Waals surface area contributed by atoms with Crippen molar-refractivity contribution < 1.29 is 148 Å². The highest BCUT2D eigenvalue weighted by molar-refractivity contribution is 8.00. The number of ketones is 2. The number of nitrogen functional groups attached to an aromatic ring is 1. The summed E-state index contributed by atoms with van der Waals surface area (Å²) >= 11 is 1.16. The summed E-state index contributed by atoms with van der Waals surface area (Å²) in [6, 6.07) is 10.5. The van der Waals surface area contributed by atoms with Crippen LogP contribution in [0.15, 0.2) is 79.5 Å². The minimum absolute atomic E-state index is 0.00325. The van der Waals surface area contributed by atoms with Gasteiger partial charge in [0.25, 0.3) is 0 Å². The number of amides is 11. The molecule has 3 saturated heterocycles. The number of allylic oxidation sites excluding steroid dienone is 1. The second kappa shape index (κ2) is 55.6. The largest absolute Gasteiger partial charge is 0.481 e. The predicted molar refractivity (Wildman–Crippen MR) is 522 cm³/mol. The number of imidazole rings is 1. The number of phosphoric ester groups is 3. The maximum atomic E-state index is 15.0. The van der Waals surface area contributed by atoms with Gasteiger partial charge in [-0.05, 0) is 98.3 Å². The highest BCUT2D eigenvalue weighted by atomic mass is 32.2. The van der Waals surface area contributed by atoms with E-state index in [9.17, 15) is 111 Å². The Morgan fingerprint density at radius 2 is 1.43 bits per heavy atom. The van der Waals surface area contributed by atoms with Crippen LogP contribution in [0.3, 0.4) is 0 Å². The third-order valence-electron chi connectivity index (χ3n) is 25.6. The molecule has 3 fully saturated rings. The molecule has 0 aliphatic carbocycles. The Morgan fingerprint density at radius 3 is 2.06 bits per heavy atom. The Hall–Kier alpha value is -9.84. The number of carbonyl (C=O) groups excluding carboxylic acids is 12. The smallest absolute Gasteiger partial charge is 0.481 e. The number of carbonyl (C=O) groups is 13. The second-order valence-electron chi connectivity index (χ2n) is 37.8. The number of anilines is 2. The Balaban J connectivity index is 0.807. The molecule has 3 aliphatic heterocycles. The van der Waals surface area contributed by atoms with Crippen LogP contribution in [-0.4, -0.2) is 303 Å². The minimum Gasteiger partial charge on any atom is -0.481 e. The van der Waals surface area contributed by atoms with E-state index < -0.39 is 192 Å². The summed E-state index contributed by atoms with van der Waals surface area (Å²) in [4.78, 5) is 234. The maximum Gasteiger partial charge on any atom is 0.481 e. The van der Waals surface area contributed by atoms with E-state index in [2.05, 4.69) is 62.3 Å². The summed E-state index contributed by atoms with van der Waals surface area (Å²) in [6.07, 6.45) is -6.20. The van der Waals surface area contributed by atoms with E-state index in [1.165, 1.54) is 44.9 Å². The van der Waals surface area contributed by atoms with Crippen LogP contribution in [0.5, 0.6) is 0 Å². The topological polar surface area (TPSA) is 669 Å². The second-order valence-corrected chi connectivity index (χ2v) is 43.4. The van der Waals surface area contributed by atoms with E-state index in [0.29, 0.717) is 68.4 Å². The number of aromatic nitrogens is 4. The molecular weight excluding hydrogens is 1950 g/mol. The number of rotatable bonds is 62. The summed E-state index contributed by atoms with van der Waals surface area (Å²) in [6.45, 7) is 21.0. The molecule has 0 saturated carbocycles. The monoisotopic (exact) mass is 2090 g/mol. The van der Waals surface area contributed by atoms with Crippen LogP contribution in [0, 0.1) is 46.8 Å². The number of hydrogen-bond acceptors (Lipinski definition) is 32. The van der Waals surface area contributed by atoms with Crippen molar-refractivity contribution in [2.75, 3.05) is 91.1 Å². The molecule has 2 aromatic heterocycles. The fourth-order valence-corrected chi connectivity index (χ4v) is 21.3. The van der Waals surface area contributed by atoms with Crippen LogP contribution in [0.1, 0.15) is 183 Å². The SMILES string of the molecule is C=C(CCCCCN1C(=O)CC(SCCNC(=O)CCNC(=O)C(O)C(C)(C)COP(=O)(O)OP(=O)(O)OCC2OC(n3cnc4c(N)ncnc43)C(O)C2OP(=O)(O)O)C1=O)NC(C(=O)NC(CCCNC(N)=O)C(=O)Nc1ccc(COC(=O)N(C)C(C(=O)CC(C(=O)N(C)C(C(C)CC)C(CC(=O)N2CCCC2C(OC)C(C)C(=O)CC(Cc2ccccc2)C(=O)O)OC)C(C)C)C(C)C)cc1)C(C)C. The average molecular weight is 2090 g/mol. The van der Waals surface area contributed by atoms with Crippen LogP contribution >= 0.6 is 35.2 Å². The number of nitrogens with one attached hydrogen (secondary N) is 6. The van der Waals surface area contributed by atoms with Gasteiger partial charge in [0.1, 0.15) is 60.7 Å². The van der Waals surface area contributed by atoms with Crippen molar-refractivity contribution >= 4 is 135 Å². The van der Waals surface area contributed by atoms with Gasteiger partial charge in [0.05, 0.1) is 67.5 Å². The third-order valence-corrected chi connectivity index (χ3v) is 29.9. The Bertz CT molecular complexity index is 5160. The van der Waals surface area contributed by atoms with Gasteiger partial charge in [-0.1, -0.05) is 138 Å². The average Bonchev–Trinajstić information content (AvgIpc) is 1.61. The van der Waals surface area contributed by atoms with Crippen molar-refractivity contribution in [2.24, 2.45) is 52.6 Å². The van der Waals surface area contributed by atoms with Crippen molar-refractivity contribution in [3.8, 4) is 0 Å². The Labute approximate surface area is 835 Å². The van der Waals surface area contributed by atoms with Gasteiger partial charge < -0.3 is 112 Å². The van der Waals surface area contributed by atoms with Gasteiger partial charge in [0.2, 0.25) is 47.3 Å². The number of ether oxygens (including phenoxy) is 4. The molecule has 19 unspecified atom stereocenters. The van der Waals surface area contributed by atoms with Gasteiger partial charge in [0.15, 0.2) is 23.5 Å². The zero-order chi connectivity index (χ0) is 106. The summed E-state index contributed by atoms with van der Waals surface area (Å²) in [5.74, 6) is -9.58. The highest BCUT2D eigenvalue weighted by Gasteiger charge is 2.52. The van der Waals surface area contributed by atoms with Crippen LogP contribution in [0.2, 0.25) is 0 Å². The van der Waals surface area contributed by atoms with Gasteiger partial charge in [-0.2, -0.15) is 4.31 Å². The van der Waals surface area contributed by atoms with Crippen molar-refractivity contribution in [3.63, 3.8) is 0 Å². The van der Waals surface area contributed by atoms with Crippen molar-refractivity contribution in [3.05, 3.63) is 90.7 Å². The number of aliphatic hydroxyl groups excluding tert-OH is 2. The van der Waals surface area contributed by atoms with Crippen LogP contribution in [0.25, 0.3) is 11.2 Å². The number of likely N-dealkylation sites (tertiary alicyclic amines) is 2. The molecule has 11 amide bonds. The predicted octanol–water partition coefficient (Wildman–Crippen LogP) is 6.17. The van der Waals surface area contributed by atoms with Crippen molar-refractivity contribution in [1.29, 1.82) is 0 Å². The van der Waals surface area contributed by atoms with E-state index in [0.717, 1.165) is 34.5 Å². The van der Waals surface area contributed by atoms with E-state index in [1.807, 2.05) is 58.0 Å². The van der Waals surface area contributed by atoms with E-state index in [1.54, 1.807) is 75.7 Å². The lowest BCUT2D eigenvalue weighted by Crippen LogP contribution is -2.54. The van der Waals surface area contributed by atoms with E-state index in [4.69, 9.17) is 39.5 Å². The van der Waals surface area contributed by atoms with E-state index in [-0.39, 0.29) is 154 Å². The molecule has 4 aromatic rings.